The van der Waals surface area contributed by atoms with Gasteiger partial charge in [0.1, 0.15) is 11.8 Å². The highest BCUT2D eigenvalue weighted by Crippen LogP contribution is 2.50. The zero-order valence-corrected chi connectivity index (χ0v) is 29.1. The molecule has 258 valence electrons. The number of hydrogen-bond donors (Lipinski definition) is 3. The SMILES string of the molecule is COc1ccc2[nH]c3c(c2c1)CN(C(=O)C(Nc1ccc2c(cc1=O)C(NC(C)=O)CCc1cc(OC)c(OC)c(OC)c1-2)C(C)C)CC3. The third-order valence-corrected chi connectivity index (χ3v) is 9.65. The average Bonchev–Trinajstić information content (AvgIpc) is 3.29. The molecular weight excluding hydrogens is 624 g/mol. The topological polar surface area (TPSA) is 131 Å². The van der Waals surface area contributed by atoms with Gasteiger partial charge in [0.2, 0.25) is 23.0 Å². The summed E-state index contributed by atoms with van der Waals surface area (Å²) >= 11 is 0. The summed E-state index contributed by atoms with van der Waals surface area (Å²) in [6.07, 6.45) is 1.84. The van der Waals surface area contributed by atoms with Gasteiger partial charge in [-0.05, 0) is 71.8 Å². The lowest BCUT2D eigenvalue weighted by Gasteiger charge is -2.32. The van der Waals surface area contributed by atoms with E-state index >= 15 is 0 Å². The lowest BCUT2D eigenvalue weighted by atomic mass is 9.95. The molecule has 2 unspecified atom stereocenters. The molecule has 0 saturated heterocycles. The van der Waals surface area contributed by atoms with Crippen LogP contribution >= 0.6 is 0 Å². The number of H-pyrrole nitrogens is 1. The predicted octanol–water partition coefficient (Wildman–Crippen LogP) is 5.37. The van der Waals surface area contributed by atoms with E-state index in [9.17, 15) is 14.4 Å². The van der Waals surface area contributed by atoms with E-state index in [1.165, 1.54) is 6.92 Å². The van der Waals surface area contributed by atoms with Crippen molar-refractivity contribution in [3.05, 3.63) is 75.1 Å². The van der Waals surface area contributed by atoms with Gasteiger partial charge in [0.25, 0.3) is 0 Å². The summed E-state index contributed by atoms with van der Waals surface area (Å²) in [5.74, 6) is 1.80. The fourth-order valence-electron chi connectivity index (χ4n) is 7.21. The van der Waals surface area contributed by atoms with E-state index in [1.54, 1.807) is 40.6 Å². The number of ether oxygens (including phenoxy) is 4. The van der Waals surface area contributed by atoms with Crippen molar-refractivity contribution in [2.75, 3.05) is 40.3 Å². The molecule has 1 aliphatic carbocycles. The molecular formula is C38H44N4O7. The van der Waals surface area contributed by atoms with Gasteiger partial charge in [-0.15, -0.1) is 0 Å². The molecule has 11 heteroatoms. The first kappa shape index (κ1) is 33.7. The zero-order valence-electron chi connectivity index (χ0n) is 29.1. The second-order valence-electron chi connectivity index (χ2n) is 13.0. The van der Waals surface area contributed by atoms with Crippen molar-refractivity contribution < 1.29 is 28.5 Å². The number of hydrogen-bond acceptors (Lipinski definition) is 8. The van der Waals surface area contributed by atoms with Crippen LogP contribution in [0.25, 0.3) is 22.0 Å². The number of rotatable bonds is 9. The summed E-state index contributed by atoms with van der Waals surface area (Å²) in [4.78, 5) is 46.0. The standard InChI is InChI=1S/C38H44N4O7/c1-20(2)35(38(45)42-15-14-30-27(19-42)25-17-23(46-4)9-12-29(25)40-30)41-31-13-10-24-26(18-32(31)44)28(39-21(3)43)11-8-22-16-33(47-5)36(48-6)37(49-7)34(22)24/h9-10,12-13,16-18,20,28,35,40H,8,11,14-15,19H2,1-7H3,(H,39,43)(H,41,44). The number of methoxy groups -OCH3 is 4. The molecule has 1 aliphatic heterocycles. The molecule has 0 saturated carbocycles. The number of aryl methyl sites for hydroxylation is 1. The number of amides is 2. The highest BCUT2D eigenvalue weighted by Gasteiger charge is 2.33. The molecule has 2 atom stereocenters. The molecule has 2 aliphatic rings. The average molecular weight is 669 g/mol. The minimum Gasteiger partial charge on any atom is -0.497 e. The third-order valence-electron chi connectivity index (χ3n) is 9.65. The van der Waals surface area contributed by atoms with Gasteiger partial charge >= 0.3 is 0 Å². The zero-order chi connectivity index (χ0) is 35.0. The monoisotopic (exact) mass is 668 g/mol. The Morgan fingerprint density at radius 1 is 0.939 bits per heavy atom. The lowest BCUT2D eigenvalue weighted by Crippen LogP contribution is -2.47. The van der Waals surface area contributed by atoms with Gasteiger partial charge < -0.3 is 39.5 Å². The van der Waals surface area contributed by atoms with E-state index in [1.807, 2.05) is 49.1 Å². The number of aromatic nitrogens is 1. The number of carbonyl (C=O) groups excluding carboxylic acids is 2. The molecule has 0 spiro atoms. The van der Waals surface area contributed by atoms with E-state index in [-0.39, 0.29) is 28.8 Å². The summed E-state index contributed by atoms with van der Waals surface area (Å²) in [5, 5.41) is 7.41. The minimum atomic E-state index is -0.659. The smallest absolute Gasteiger partial charge is 0.245 e. The Kier molecular flexibility index (Phi) is 9.45. The Morgan fingerprint density at radius 3 is 2.39 bits per heavy atom. The van der Waals surface area contributed by atoms with Crippen molar-refractivity contribution in [2.45, 2.75) is 58.7 Å². The van der Waals surface area contributed by atoms with Crippen LogP contribution in [0.1, 0.15) is 55.6 Å². The van der Waals surface area contributed by atoms with Crippen LogP contribution in [0.15, 0.2) is 47.3 Å². The maximum absolute atomic E-state index is 14.2. The molecule has 6 rings (SSSR count). The quantitative estimate of drug-likeness (QED) is 0.217. The maximum atomic E-state index is 14.2. The summed E-state index contributed by atoms with van der Waals surface area (Å²) in [5.41, 5.74) is 6.30. The first-order chi connectivity index (χ1) is 23.6. The number of anilines is 1. The van der Waals surface area contributed by atoms with Gasteiger partial charge in [0.05, 0.1) is 40.2 Å². The Hall–Kier alpha value is -5.19. The molecule has 0 bridgehead atoms. The summed E-state index contributed by atoms with van der Waals surface area (Å²) < 4.78 is 22.7. The van der Waals surface area contributed by atoms with Crippen LogP contribution in [0.4, 0.5) is 5.69 Å². The Balaban J connectivity index is 1.39. The van der Waals surface area contributed by atoms with Gasteiger partial charge in [-0.3, -0.25) is 14.4 Å². The van der Waals surface area contributed by atoms with Crippen molar-refractivity contribution in [3.8, 4) is 34.1 Å². The second kappa shape index (κ2) is 13.7. The van der Waals surface area contributed by atoms with Crippen molar-refractivity contribution in [2.24, 2.45) is 5.92 Å². The largest absolute Gasteiger partial charge is 0.497 e. The van der Waals surface area contributed by atoms with E-state index in [0.717, 1.165) is 44.6 Å². The van der Waals surface area contributed by atoms with Crippen molar-refractivity contribution in [1.82, 2.24) is 15.2 Å². The van der Waals surface area contributed by atoms with E-state index in [2.05, 4.69) is 15.6 Å². The number of benzene rings is 2. The summed E-state index contributed by atoms with van der Waals surface area (Å²) in [6.45, 7) is 6.42. The van der Waals surface area contributed by atoms with E-state index in [0.29, 0.717) is 55.2 Å². The molecule has 3 aromatic carbocycles. The molecule has 1 aromatic heterocycles. The normalized spacial score (nSPS) is 15.8. The van der Waals surface area contributed by atoms with Gasteiger partial charge in [0.15, 0.2) is 11.5 Å². The Labute approximate surface area is 285 Å². The predicted molar refractivity (Wildman–Crippen MR) is 189 cm³/mol. The highest BCUT2D eigenvalue weighted by molar-refractivity contribution is 5.89. The fraction of sp³-hybridized carbons (Fsp3) is 0.395. The van der Waals surface area contributed by atoms with Crippen LogP contribution in [0.5, 0.6) is 23.0 Å². The van der Waals surface area contributed by atoms with Crippen LogP contribution in [-0.2, 0) is 29.0 Å². The van der Waals surface area contributed by atoms with Crippen molar-refractivity contribution >= 4 is 28.4 Å². The maximum Gasteiger partial charge on any atom is 0.245 e. The third kappa shape index (κ3) is 6.25. The van der Waals surface area contributed by atoms with Gasteiger partial charge in [-0.2, -0.15) is 0 Å². The van der Waals surface area contributed by atoms with Crippen molar-refractivity contribution in [1.29, 1.82) is 0 Å². The Bertz CT molecular complexity index is 1990. The van der Waals surface area contributed by atoms with Crippen LogP contribution in [0.2, 0.25) is 0 Å². The van der Waals surface area contributed by atoms with Crippen LogP contribution < -0.4 is 35.0 Å². The first-order valence-corrected chi connectivity index (χ1v) is 16.6. The highest BCUT2D eigenvalue weighted by atomic mass is 16.5. The molecule has 11 nitrogen and oxygen atoms in total. The molecule has 0 radical (unpaired) electrons. The number of carbonyl (C=O) groups is 2. The van der Waals surface area contributed by atoms with Crippen LogP contribution in [0.3, 0.4) is 0 Å². The summed E-state index contributed by atoms with van der Waals surface area (Å²) in [7, 11) is 6.33. The molecule has 4 aromatic rings. The number of nitrogens with one attached hydrogen (secondary N) is 3. The Morgan fingerprint density at radius 2 is 1.71 bits per heavy atom. The molecule has 2 amide bonds. The van der Waals surface area contributed by atoms with Crippen molar-refractivity contribution in [3.63, 3.8) is 0 Å². The molecule has 2 heterocycles. The van der Waals surface area contributed by atoms with Gasteiger partial charge in [-0.1, -0.05) is 19.9 Å². The minimum absolute atomic E-state index is 0.0784. The second-order valence-corrected chi connectivity index (χ2v) is 13.0. The van der Waals surface area contributed by atoms with Crippen LogP contribution in [-0.4, -0.2) is 62.7 Å². The molecule has 0 fully saturated rings. The number of nitrogens with zero attached hydrogens (tertiary/aromatic N) is 1. The van der Waals surface area contributed by atoms with E-state index < -0.39 is 12.1 Å². The van der Waals surface area contributed by atoms with E-state index in [4.69, 9.17) is 18.9 Å². The van der Waals surface area contributed by atoms with Gasteiger partial charge in [-0.25, -0.2) is 0 Å². The number of aromatic amines is 1. The van der Waals surface area contributed by atoms with Crippen LogP contribution in [0, 0.1) is 5.92 Å². The summed E-state index contributed by atoms with van der Waals surface area (Å²) in [6, 6.07) is 11.9. The van der Waals surface area contributed by atoms with Gasteiger partial charge in [0, 0.05) is 54.2 Å². The number of fused-ring (bicyclic) bond motifs is 6. The molecule has 49 heavy (non-hydrogen) atoms. The first-order valence-electron chi connectivity index (χ1n) is 16.6. The lowest BCUT2D eigenvalue weighted by molar-refractivity contribution is -0.133. The molecule has 3 N–H and O–H groups in total. The fourth-order valence-corrected chi connectivity index (χ4v) is 7.21.